The van der Waals surface area contributed by atoms with Crippen LogP contribution < -0.4 is 0 Å². The van der Waals surface area contributed by atoms with Gasteiger partial charge in [0.15, 0.2) is 0 Å². The zero-order chi connectivity index (χ0) is 17.1. The molecule has 0 aliphatic rings. The van der Waals surface area contributed by atoms with Crippen molar-refractivity contribution >= 4 is 16.1 Å². The van der Waals surface area contributed by atoms with Crippen molar-refractivity contribution in [1.29, 1.82) is 0 Å². The topological polar surface area (TPSA) is 78.9 Å². The second-order valence-electron chi connectivity index (χ2n) is 5.10. The molecule has 1 aromatic rings. The smallest absolute Gasteiger partial charge is 0.302 e. The standard InChI is InChI=1S/C16H24O6S/c1-14-6-8-16(9-7-14)23(18,19)22-11-5-3-4-10-20-12-13-21-15(2)17/h6-9H,3-5,10-13H2,1-2H3. The molecule has 0 bridgehead atoms. The van der Waals surface area contributed by atoms with Crippen LogP contribution in [-0.4, -0.2) is 40.8 Å². The zero-order valence-corrected chi connectivity index (χ0v) is 14.4. The van der Waals surface area contributed by atoms with E-state index < -0.39 is 10.1 Å². The van der Waals surface area contributed by atoms with Crippen LogP contribution in [0.5, 0.6) is 0 Å². The van der Waals surface area contributed by atoms with Gasteiger partial charge < -0.3 is 9.47 Å². The molecule has 6 nitrogen and oxygen atoms in total. The van der Waals surface area contributed by atoms with E-state index in [9.17, 15) is 13.2 Å². The molecule has 23 heavy (non-hydrogen) atoms. The third-order valence-electron chi connectivity index (χ3n) is 3.01. The van der Waals surface area contributed by atoms with Gasteiger partial charge in [-0.05, 0) is 38.3 Å². The number of rotatable bonds is 11. The maximum atomic E-state index is 11.9. The molecule has 0 saturated carbocycles. The lowest BCUT2D eigenvalue weighted by Crippen LogP contribution is -2.09. The second kappa shape index (κ2) is 10.4. The summed E-state index contributed by atoms with van der Waals surface area (Å²) in [6.07, 6.45) is 2.24. The molecule has 0 aromatic heterocycles. The van der Waals surface area contributed by atoms with Gasteiger partial charge >= 0.3 is 5.97 Å². The molecule has 1 aromatic carbocycles. The third kappa shape index (κ3) is 8.68. The highest BCUT2D eigenvalue weighted by atomic mass is 32.2. The molecule has 0 saturated heterocycles. The van der Waals surface area contributed by atoms with E-state index in [2.05, 4.69) is 0 Å². The van der Waals surface area contributed by atoms with E-state index in [1.54, 1.807) is 24.3 Å². The van der Waals surface area contributed by atoms with Gasteiger partial charge in [-0.3, -0.25) is 8.98 Å². The monoisotopic (exact) mass is 344 g/mol. The molecule has 0 aliphatic carbocycles. The molecule has 130 valence electrons. The fourth-order valence-corrected chi connectivity index (χ4v) is 2.71. The molecule has 1 rings (SSSR count). The molecule has 0 radical (unpaired) electrons. The number of benzene rings is 1. The van der Waals surface area contributed by atoms with Crippen molar-refractivity contribution in [3.8, 4) is 0 Å². The summed E-state index contributed by atoms with van der Waals surface area (Å²) in [5, 5.41) is 0. The molecule has 0 heterocycles. The van der Waals surface area contributed by atoms with Gasteiger partial charge in [0.25, 0.3) is 10.1 Å². The number of ether oxygens (including phenoxy) is 2. The van der Waals surface area contributed by atoms with Crippen molar-refractivity contribution < 1.29 is 26.9 Å². The fourth-order valence-electron chi connectivity index (χ4n) is 1.77. The van der Waals surface area contributed by atoms with Gasteiger partial charge in [-0.1, -0.05) is 17.7 Å². The second-order valence-corrected chi connectivity index (χ2v) is 6.72. The molecular weight excluding hydrogens is 320 g/mol. The summed E-state index contributed by atoms with van der Waals surface area (Å²) < 4.78 is 38.8. The van der Waals surface area contributed by atoms with E-state index >= 15 is 0 Å². The minimum absolute atomic E-state index is 0.156. The molecule has 0 fully saturated rings. The summed E-state index contributed by atoms with van der Waals surface area (Å²) in [5.41, 5.74) is 0.998. The maximum absolute atomic E-state index is 11.9. The normalized spacial score (nSPS) is 11.4. The van der Waals surface area contributed by atoms with Gasteiger partial charge in [-0.15, -0.1) is 0 Å². The molecular formula is C16H24O6S. The quantitative estimate of drug-likeness (QED) is 0.348. The van der Waals surface area contributed by atoms with Gasteiger partial charge in [0.05, 0.1) is 18.1 Å². The van der Waals surface area contributed by atoms with E-state index in [4.69, 9.17) is 13.7 Å². The highest BCUT2D eigenvalue weighted by Gasteiger charge is 2.14. The van der Waals surface area contributed by atoms with Crippen LogP contribution in [0.3, 0.4) is 0 Å². The summed E-state index contributed by atoms with van der Waals surface area (Å²) in [7, 11) is -3.67. The van der Waals surface area contributed by atoms with Crippen LogP contribution in [0.15, 0.2) is 29.2 Å². The lowest BCUT2D eigenvalue weighted by molar-refractivity contribution is -0.142. The van der Waals surface area contributed by atoms with Crippen molar-refractivity contribution in [1.82, 2.24) is 0 Å². The molecule has 7 heteroatoms. The van der Waals surface area contributed by atoms with Crippen molar-refractivity contribution in [2.45, 2.75) is 38.0 Å². The predicted octanol–water partition coefficient (Wildman–Crippen LogP) is 2.45. The first kappa shape index (κ1) is 19.6. The van der Waals surface area contributed by atoms with Crippen molar-refractivity contribution in [2.75, 3.05) is 26.4 Å². The third-order valence-corrected chi connectivity index (χ3v) is 4.34. The van der Waals surface area contributed by atoms with E-state index in [1.165, 1.54) is 6.92 Å². The van der Waals surface area contributed by atoms with Crippen molar-refractivity contribution in [3.05, 3.63) is 29.8 Å². The Morgan fingerprint density at radius 1 is 0.957 bits per heavy atom. The summed E-state index contributed by atoms with van der Waals surface area (Å²) >= 11 is 0. The van der Waals surface area contributed by atoms with Crippen LogP contribution in [-0.2, 0) is 28.6 Å². The minimum atomic E-state index is -3.67. The van der Waals surface area contributed by atoms with Crippen LogP contribution in [0.1, 0.15) is 31.7 Å². The van der Waals surface area contributed by atoms with Crippen LogP contribution in [0.25, 0.3) is 0 Å². The average Bonchev–Trinajstić information content (AvgIpc) is 2.49. The SMILES string of the molecule is CC(=O)OCCOCCCCCOS(=O)(=O)c1ccc(C)cc1. The molecule has 0 atom stereocenters. The Morgan fingerprint density at radius 2 is 1.61 bits per heavy atom. The van der Waals surface area contributed by atoms with Crippen LogP contribution in [0.4, 0.5) is 0 Å². The first-order valence-electron chi connectivity index (χ1n) is 7.59. The fraction of sp³-hybridized carbons (Fsp3) is 0.562. The summed E-state index contributed by atoms with van der Waals surface area (Å²) in [5.74, 6) is -0.319. The Kier molecular flexibility index (Phi) is 8.83. The lowest BCUT2D eigenvalue weighted by atomic mass is 10.2. The summed E-state index contributed by atoms with van der Waals surface area (Å²) in [6.45, 7) is 4.58. The Morgan fingerprint density at radius 3 is 2.26 bits per heavy atom. The number of hydrogen-bond donors (Lipinski definition) is 0. The predicted molar refractivity (Wildman–Crippen MR) is 85.6 cm³/mol. The highest BCUT2D eigenvalue weighted by Crippen LogP contribution is 2.13. The number of carbonyl (C=O) groups is 1. The molecule has 0 aliphatic heterocycles. The number of aryl methyl sites for hydroxylation is 1. The van der Waals surface area contributed by atoms with Gasteiger partial charge in [0.2, 0.25) is 0 Å². The van der Waals surface area contributed by atoms with E-state index in [1.807, 2.05) is 6.92 Å². The van der Waals surface area contributed by atoms with Gasteiger partial charge in [0.1, 0.15) is 6.61 Å². The maximum Gasteiger partial charge on any atom is 0.302 e. The van der Waals surface area contributed by atoms with Gasteiger partial charge in [0, 0.05) is 13.5 Å². The van der Waals surface area contributed by atoms with Gasteiger partial charge in [-0.2, -0.15) is 8.42 Å². The number of hydrogen-bond acceptors (Lipinski definition) is 6. The number of carbonyl (C=O) groups excluding carboxylic acids is 1. The number of unbranched alkanes of at least 4 members (excludes halogenated alkanes) is 2. The van der Waals surface area contributed by atoms with Gasteiger partial charge in [-0.25, -0.2) is 0 Å². The molecule has 0 amide bonds. The van der Waals surface area contributed by atoms with Crippen molar-refractivity contribution in [2.24, 2.45) is 0 Å². The van der Waals surface area contributed by atoms with E-state index in [0.29, 0.717) is 19.6 Å². The van der Waals surface area contributed by atoms with E-state index in [-0.39, 0.29) is 24.1 Å². The number of esters is 1. The highest BCUT2D eigenvalue weighted by molar-refractivity contribution is 7.86. The molecule has 0 N–H and O–H groups in total. The molecule has 0 unspecified atom stereocenters. The average molecular weight is 344 g/mol. The summed E-state index contributed by atoms with van der Waals surface area (Å²) in [4.78, 5) is 10.7. The van der Waals surface area contributed by atoms with Crippen molar-refractivity contribution in [3.63, 3.8) is 0 Å². The lowest BCUT2D eigenvalue weighted by Gasteiger charge is -2.06. The van der Waals surface area contributed by atoms with Crippen LogP contribution in [0, 0.1) is 6.92 Å². The zero-order valence-electron chi connectivity index (χ0n) is 13.6. The minimum Gasteiger partial charge on any atom is -0.463 e. The van der Waals surface area contributed by atoms with E-state index in [0.717, 1.165) is 18.4 Å². The van der Waals surface area contributed by atoms with Crippen LogP contribution >= 0.6 is 0 Å². The first-order valence-corrected chi connectivity index (χ1v) is 9.00. The Labute approximate surface area is 137 Å². The Balaban J connectivity index is 2.08. The Bertz CT molecular complexity index is 565. The largest absolute Gasteiger partial charge is 0.463 e. The van der Waals surface area contributed by atoms with Crippen LogP contribution in [0.2, 0.25) is 0 Å². The first-order chi connectivity index (χ1) is 10.9. The summed E-state index contributed by atoms with van der Waals surface area (Å²) in [6, 6.07) is 6.57. The molecule has 0 spiro atoms. The Hall–Kier alpha value is -1.44.